The average molecular weight is 547 g/mol. The Balaban J connectivity index is 2.00. The van der Waals surface area contributed by atoms with Gasteiger partial charge >= 0.3 is 6.09 Å². The first-order valence-electron chi connectivity index (χ1n) is 13.3. The molecule has 3 aromatic rings. The van der Waals surface area contributed by atoms with Crippen molar-refractivity contribution in [1.29, 1.82) is 0 Å². The van der Waals surface area contributed by atoms with Crippen molar-refractivity contribution in [1.82, 2.24) is 10.2 Å². The highest BCUT2D eigenvalue weighted by Gasteiger charge is 2.36. The van der Waals surface area contributed by atoms with Crippen LogP contribution in [0, 0.1) is 6.92 Å². The number of hydrogen-bond donors (Lipinski definition) is 3. The number of hydrogen-bond acceptors (Lipinski definition) is 5. The molecule has 0 aliphatic heterocycles. The molecule has 4 N–H and O–H groups in total. The Morgan fingerprint density at radius 3 is 2.27 bits per heavy atom. The number of nitrogens with two attached hydrogens (primary N) is 1. The number of ether oxygens (including phenoxy) is 1. The predicted octanol–water partition coefficient (Wildman–Crippen LogP) is 4.84. The van der Waals surface area contributed by atoms with E-state index in [9.17, 15) is 19.2 Å². The fourth-order valence-corrected chi connectivity index (χ4v) is 4.45. The largest absolute Gasteiger partial charge is 0.444 e. The predicted molar refractivity (Wildman–Crippen MR) is 155 cm³/mol. The summed E-state index contributed by atoms with van der Waals surface area (Å²) in [4.78, 5) is 53.8. The lowest BCUT2D eigenvalue weighted by molar-refractivity contribution is -0.141. The molecule has 3 aromatic carbocycles. The molecule has 212 valence electrons. The van der Waals surface area contributed by atoms with Crippen molar-refractivity contribution >= 4 is 40.3 Å². The molecule has 0 spiro atoms. The summed E-state index contributed by atoms with van der Waals surface area (Å²) in [5, 5.41) is 7.43. The van der Waals surface area contributed by atoms with Gasteiger partial charge in [-0.3, -0.25) is 14.4 Å². The van der Waals surface area contributed by atoms with Crippen LogP contribution in [0.25, 0.3) is 10.8 Å². The second-order valence-corrected chi connectivity index (χ2v) is 10.8. The molecule has 4 amide bonds. The molecule has 3 rings (SSSR count). The lowest BCUT2D eigenvalue weighted by Gasteiger charge is -2.34. The topological polar surface area (TPSA) is 131 Å². The van der Waals surface area contributed by atoms with E-state index in [2.05, 4.69) is 10.6 Å². The molecule has 2 unspecified atom stereocenters. The van der Waals surface area contributed by atoms with E-state index in [1.165, 1.54) is 4.90 Å². The smallest absolute Gasteiger partial charge is 0.408 e. The Morgan fingerprint density at radius 1 is 0.950 bits per heavy atom. The maximum absolute atomic E-state index is 14.0. The minimum Gasteiger partial charge on any atom is -0.444 e. The number of aryl methyl sites for hydroxylation is 1. The van der Waals surface area contributed by atoms with Crippen molar-refractivity contribution in [3.05, 3.63) is 77.9 Å². The number of alkyl carbamates (subject to hydrolysis) is 1. The quantitative estimate of drug-likeness (QED) is 0.335. The van der Waals surface area contributed by atoms with E-state index in [4.69, 9.17) is 10.5 Å². The summed E-state index contributed by atoms with van der Waals surface area (Å²) in [6, 6.07) is 18.3. The van der Waals surface area contributed by atoms with Gasteiger partial charge in [-0.15, -0.1) is 0 Å². The zero-order valence-electron chi connectivity index (χ0n) is 23.7. The third kappa shape index (κ3) is 8.30. The van der Waals surface area contributed by atoms with E-state index in [1.54, 1.807) is 32.9 Å². The average Bonchev–Trinajstić information content (AvgIpc) is 2.86. The summed E-state index contributed by atoms with van der Waals surface area (Å²) in [6.45, 7) is 9.02. The molecule has 0 heterocycles. The van der Waals surface area contributed by atoms with E-state index in [-0.39, 0.29) is 6.54 Å². The summed E-state index contributed by atoms with van der Waals surface area (Å²) in [6.07, 6.45) is -0.797. The SMILES string of the molecule is CCCN(C(=O)C(CC(N)=O)NC(=O)OC(C)(C)C)C(C(=O)Nc1ccc2ccccc2c1)c1cccc(C)c1. The van der Waals surface area contributed by atoms with E-state index in [0.717, 1.165) is 16.3 Å². The van der Waals surface area contributed by atoms with Gasteiger partial charge in [0, 0.05) is 12.2 Å². The molecule has 0 bridgehead atoms. The lowest BCUT2D eigenvalue weighted by Crippen LogP contribution is -2.53. The third-order valence-corrected chi connectivity index (χ3v) is 6.08. The normalized spacial score (nSPS) is 12.7. The van der Waals surface area contributed by atoms with E-state index in [1.807, 2.05) is 68.4 Å². The Hall–Kier alpha value is -4.40. The Morgan fingerprint density at radius 2 is 1.65 bits per heavy atom. The van der Waals surface area contributed by atoms with Gasteiger partial charge in [0.15, 0.2) is 0 Å². The van der Waals surface area contributed by atoms with Gasteiger partial charge in [0.2, 0.25) is 11.8 Å². The van der Waals surface area contributed by atoms with Gasteiger partial charge in [-0.1, -0.05) is 67.1 Å². The number of nitrogens with zero attached hydrogens (tertiary/aromatic N) is 1. The van der Waals surface area contributed by atoms with Gasteiger partial charge in [0.1, 0.15) is 17.7 Å². The van der Waals surface area contributed by atoms with E-state index >= 15 is 0 Å². The summed E-state index contributed by atoms with van der Waals surface area (Å²) < 4.78 is 5.31. The molecule has 40 heavy (non-hydrogen) atoms. The van der Waals surface area contributed by atoms with Crippen LogP contribution in [0.2, 0.25) is 0 Å². The van der Waals surface area contributed by atoms with Gasteiger partial charge in [0.05, 0.1) is 6.42 Å². The number of carbonyl (C=O) groups excluding carboxylic acids is 4. The van der Waals surface area contributed by atoms with Crippen LogP contribution in [-0.2, 0) is 19.1 Å². The van der Waals surface area contributed by atoms with Crippen LogP contribution in [-0.4, -0.2) is 46.9 Å². The van der Waals surface area contributed by atoms with Crippen molar-refractivity contribution < 1.29 is 23.9 Å². The number of nitrogens with one attached hydrogen (secondary N) is 2. The second kappa shape index (κ2) is 13.1. The Bertz CT molecular complexity index is 1380. The molecular formula is C31H38N4O5. The van der Waals surface area contributed by atoms with Crippen LogP contribution in [0.5, 0.6) is 0 Å². The van der Waals surface area contributed by atoms with Crippen LogP contribution in [0.1, 0.15) is 57.7 Å². The molecule has 0 aliphatic rings. The first-order valence-corrected chi connectivity index (χ1v) is 13.3. The van der Waals surface area contributed by atoms with E-state index in [0.29, 0.717) is 17.7 Å². The zero-order valence-corrected chi connectivity index (χ0v) is 23.7. The number of rotatable bonds is 10. The monoisotopic (exact) mass is 546 g/mol. The molecular weight excluding hydrogens is 508 g/mol. The van der Waals surface area contributed by atoms with Crippen LogP contribution >= 0.6 is 0 Å². The molecule has 0 saturated heterocycles. The minimum absolute atomic E-state index is 0.188. The second-order valence-electron chi connectivity index (χ2n) is 10.8. The summed E-state index contributed by atoms with van der Waals surface area (Å²) in [5.74, 6) is -1.83. The number of carbonyl (C=O) groups is 4. The van der Waals surface area contributed by atoms with Crippen molar-refractivity contribution in [3.8, 4) is 0 Å². The van der Waals surface area contributed by atoms with Gasteiger partial charge in [-0.05, 0) is 62.6 Å². The summed E-state index contributed by atoms with van der Waals surface area (Å²) >= 11 is 0. The number of benzene rings is 3. The Labute approximate surface area is 235 Å². The highest BCUT2D eigenvalue weighted by Crippen LogP contribution is 2.27. The van der Waals surface area contributed by atoms with Crippen LogP contribution < -0.4 is 16.4 Å². The highest BCUT2D eigenvalue weighted by molar-refractivity contribution is 6.01. The van der Waals surface area contributed by atoms with Gasteiger partial charge < -0.3 is 26.0 Å². The van der Waals surface area contributed by atoms with Crippen molar-refractivity contribution in [2.24, 2.45) is 5.73 Å². The first kappa shape index (κ1) is 30.1. The van der Waals surface area contributed by atoms with Gasteiger partial charge in [0.25, 0.3) is 5.91 Å². The fourth-order valence-electron chi connectivity index (χ4n) is 4.45. The van der Waals surface area contributed by atoms with Crippen molar-refractivity contribution in [2.75, 3.05) is 11.9 Å². The molecule has 0 fully saturated rings. The highest BCUT2D eigenvalue weighted by atomic mass is 16.6. The van der Waals surface area contributed by atoms with Crippen molar-refractivity contribution in [2.45, 2.75) is 65.1 Å². The van der Waals surface area contributed by atoms with Crippen LogP contribution in [0.4, 0.5) is 10.5 Å². The lowest BCUT2D eigenvalue weighted by atomic mass is 10.00. The first-order chi connectivity index (χ1) is 18.9. The Kier molecular flexibility index (Phi) is 9.87. The molecule has 0 aliphatic carbocycles. The maximum atomic E-state index is 14.0. The minimum atomic E-state index is -1.32. The number of fused-ring (bicyclic) bond motifs is 1. The third-order valence-electron chi connectivity index (χ3n) is 6.08. The van der Waals surface area contributed by atoms with Crippen LogP contribution in [0.15, 0.2) is 66.7 Å². The zero-order chi connectivity index (χ0) is 29.4. The molecule has 9 heteroatoms. The molecule has 0 aromatic heterocycles. The number of primary amides is 1. The van der Waals surface area contributed by atoms with Crippen molar-refractivity contribution in [3.63, 3.8) is 0 Å². The van der Waals surface area contributed by atoms with Gasteiger partial charge in [-0.25, -0.2) is 4.79 Å². The summed E-state index contributed by atoms with van der Waals surface area (Å²) in [7, 11) is 0. The van der Waals surface area contributed by atoms with Crippen LogP contribution in [0.3, 0.4) is 0 Å². The van der Waals surface area contributed by atoms with E-state index < -0.39 is 47.9 Å². The standard InChI is InChI=1S/C31H38N4O5/c1-6-16-35(29(38)25(19-26(32)36)34-30(39)40-31(3,4)5)27(23-13-9-10-20(2)17-23)28(37)33-24-15-14-21-11-7-8-12-22(21)18-24/h7-15,17-18,25,27H,6,16,19H2,1-5H3,(H2,32,36)(H,33,37)(H,34,39). The fraction of sp³-hybridized carbons (Fsp3) is 0.355. The number of anilines is 1. The van der Waals surface area contributed by atoms with Gasteiger partial charge in [-0.2, -0.15) is 0 Å². The molecule has 0 radical (unpaired) electrons. The molecule has 9 nitrogen and oxygen atoms in total. The molecule has 0 saturated carbocycles. The summed E-state index contributed by atoms with van der Waals surface area (Å²) in [5.41, 5.74) is 6.69. The maximum Gasteiger partial charge on any atom is 0.408 e. The number of amides is 4. The molecule has 2 atom stereocenters.